The highest BCUT2D eigenvalue weighted by molar-refractivity contribution is 5.87. The Morgan fingerprint density at radius 1 is 0.591 bits per heavy atom. The molecule has 0 saturated heterocycles. The molecule has 0 N–H and O–H groups in total. The molecule has 0 saturated carbocycles. The first-order valence-electron chi connectivity index (χ1n) is 16.1. The van der Waals surface area contributed by atoms with Crippen LogP contribution in [0.2, 0.25) is 0 Å². The van der Waals surface area contributed by atoms with Gasteiger partial charge >= 0.3 is 11.9 Å². The molecule has 0 atom stereocenters. The summed E-state index contributed by atoms with van der Waals surface area (Å²) in [4.78, 5) is 22.7. The lowest BCUT2D eigenvalue weighted by Crippen LogP contribution is -2.06. The molecule has 0 fully saturated rings. The number of rotatable bonds is 23. The van der Waals surface area contributed by atoms with Gasteiger partial charge in [0.05, 0.1) is 26.4 Å². The first-order chi connectivity index (χ1) is 21.3. The summed E-state index contributed by atoms with van der Waals surface area (Å²) in [5.41, 5.74) is 4.29. The Bertz CT molecular complexity index is 1190. The molecule has 0 aliphatic carbocycles. The number of benzene rings is 2. The van der Waals surface area contributed by atoms with Crippen molar-refractivity contribution < 1.29 is 28.5 Å². The molecule has 0 aliphatic heterocycles. The van der Waals surface area contributed by atoms with Crippen molar-refractivity contribution in [3.05, 3.63) is 83.5 Å². The molecule has 0 unspecified atom stereocenters. The molecule has 6 heteroatoms. The van der Waals surface area contributed by atoms with Gasteiger partial charge in [-0.3, -0.25) is 0 Å². The number of carbonyl (C=O) groups is 2. The molecule has 0 aliphatic rings. The first kappa shape index (κ1) is 36.4. The number of hydrogen-bond donors (Lipinski definition) is 0. The molecule has 6 nitrogen and oxygen atoms in total. The van der Waals surface area contributed by atoms with Crippen LogP contribution in [0.4, 0.5) is 0 Å². The van der Waals surface area contributed by atoms with Gasteiger partial charge in [0.15, 0.2) is 0 Å². The van der Waals surface area contributed by atoms with E-state index in [4.69, 9.17) is 18.9 Å². The Hall–Kier alpha value is -3.80. The summed E-state index contributed by atoms with van der Waals surface area (Å²) < 4.78 is 22.1. The number of aryl methyl sites for hydroxylation is 1. The molecule has 0 aromatic heterocycles. The van der Waals surface area contributed by atoms with Crippen molar-refractivity contribution in [2.75, 3.05) is 26.4 Å². The Kier molecular flexibility index (Phi) is 18.0. The molecule has 0 radical (unpaired) electrons. The number of hydrogen-bond acceptors (Lipinski definition) is 6. The van der Waals surface area contributed by atoms with E-state index in [0.29, 0.717) is 31.0 Å². The van der Waals surface area contributed by atoms with Crippen molar-refractivity contribution in [1.29, 1.82) is 0 Å². The van der Waals surface area contributed by atoms with Gasteiger partial charge in [-0.15, -0.1) is 0 Å². The van der Waals surface area contributed by atoms with Gasteiger partial charge in [-0.25, -0.2) is 9.59 Å². The van der Waals surface area contributed by atoms with Gasteiger partial charge in [0.25, 0.3) is 0 Å². The third kappa shape index (κ3) is 16.2. The predicted molar refractivity (Wildman–Crippen MR) is 180 cm³/mol. The Morgan fingerprint density at radius 3 is 1.52 bits per heavy atom. The lowest BCUT2D eigenvalue weighted by atomic mass is 10.1. The molecule has 0 heterocycles. The Balaban J connectivity index is 1.56. The van der Waals surface area contributed by atoms with E-state index in [1.807, 2.05) is 12.1 Å². The standard InChI is InChI=1S/C38H52O6/c1-30(2)37(39)43-27-15-10-7-6-9-14-26-42-36-24-21-34(29-32(36)5)18-17-33-19-22-35(23-20-33)41-25-13-11-8-12-16-28-44-38(40)31(3)4/h17-24,29H,1,3,6-16,25-28H2,2,4-5H3. The minimum atomic E-state index is -0.306. The summed E-state index contributed by atoms with van der Waals surface area (Å²) in [5, 5.41) is 0. The number of esters is 2. The van der Waals surface area contributed by atoms with Gasteiger partial charge in [0.1, 0.15) is 11.5 Å². The molecule has 2 aromatic rings. The summed E-state index contributed by atoms with van der Waals surface area (Å²) in [6, 6.07) is 14.5. The van der Waals surface area contributed by atoms with Gasteiger partial charge in [-0.05, 0) is 87.4 Å². The molecule has 44 heavy (non-hydrogen) atoms. The van der Waals surface area contributed by atoms with Crippen LogP contribution in [0.5, 0.6) is 11.5 Å². The van der Waals surface area contributed by atoms with Crippen LogP contribution in [0.15, 0.2) is 66.8 Å². The Labute approximate surface area is 265 Å². The second-order valence-electron chi connectivity index (χ2n) is 11.3. The zero-order valence-corrected chi connectivity index (χ0v) is 27.2. The summed E-state index contributed by atoms with van der Waals surface area (Å²) in [6.07, 6.45) is 15.8. The molecule has 0 bridgehead atoms. The first-order valence-corrected chi connectivity index (χ1v) is 16.1. The van der Waals surface area contributed by atoms with Crippen LogP contribution < -0.4 is 9.47 Å². The van der Waals surface area contributed by atoms with E-state index >= 15 is 0 Å². The van der Waals surface area contributed by atoms with Crippen LogP contribution in [-0.2, 0) is 19.1 Å². The predicted octanol–water partition coefficient (Wildman–Crippen LogP) is 9.45. The zero-order valence-electron chi connectivity index (χ0n) is 27.2. The fourth-order valence-corrected chi connectivity index (χ4v) is 4.40. The van der Waals surface area contributed by atoms with E-state index in [2.05, 4.69) is 62.6 Å². The number of ether oxygens (including phenoxy) is 4. The fraction of sp³-hybridized carbons (Fsp3) is 0.474. The maximum Gasteiger partial charge on any atom is 0.333 e. The highest BCUT2D eigenvalue weighted by Gasteiger charge is 2.04. The van der Waals surface area contributed by atoms with Crippen LogP contribution in [0.25, 0.3) is 12.2 Å². The second kappa shape index (κ2) is 21.8. The van der Waals surface area contributed by atoms with E-state index in [0.717, 1.165) is 105 Å². The molecule has 2 rings (SSSR count). The van der Waals surface area contributed by atoms with Crippen LogP contribution >= 0.6 is 0 Å². The third-order valence-electron chi connectivity index (χ3n) is 7.06. The largest absolute Gasteiger partial charge is 0.494 e. The monoisotopic (exact) mass is 604 g/mol. The molecule has 2 aromatic carbocycles. The second-order valence-corrected chi connectivity index (χ2v) is 11.3. The average molecular weight is 605 g/mol. The highest BCUT2D eigenvalue weighted by Crippen LogP contribution is 2.22. The minimum Gasteiger partial charge on any atom is -0.494 e. The van der Waals surface area contributed by atoms with Crippen molar-refractivity contribution in [2.24, 2.45) is 0 Å². The zero-order chi connectivity index (χ0) is 32.0. The summed E-state index contributed by atoms with van der Waals surface area (Å²) in [5.74, 6) is 1.21. The van der Waals surface area contributed by atoms with Crippen LogP contribution in [-0.4, -0.2) is 38.4 Å². The average Bonchev–Trinajstić information content (AvgIpc) is 3.01. The van der Waals surface area contributed by atoms with Gasteiger partial charge in [0.2, 0.25) is 0 Å². The molecule has 240 valence electrons. The fourth-order valence-electron chi connectivity index (χ4n) is 4.40. The SMILES string of the molecule is C=C(C)C(=O)OCCCCCCCCOc1ccc(C=Cc2ccc(OCCCCCCCOC(=O)C(=C)C)cc2)cc1C. The van der Waals surface area contributed by atoms with Gasteiger partial charge in [-0.2, -0.15) is 0 Å². The van der Waals surface area contributed by atoms with Crippen LogP contribution in [0.1, 0.15) is 101 Å². The van der Waals surface area contributed by atoms with Crippen molar-refractivity contribution >= 4 is 24.1 Å². The van der Waals surface area contributed by atoms with Crippen LogP contribution in [0, 0.1) is 6.92 Å². The van der Waals surface area contributed by atoms with E-state index in [9.17, 15) is 9.59 Å². The van der Waals surface area contributed by atoms with Gasteiger partial charge in [-0.1, -0.05) is 88.5 Å². The maximum absolute atomic E-state index is 11.3. The van der Waals surface area contributed by atoms with Crippen LogP contribution in [0.3, 0.4) is 0 Å². The van der Waals surface area contributed by atoms with Crippen molar-refractivity contribution in [2.45, 2.75) is 91.4 Å². The normalized spacial score (nSPS) is 10.9. The van der Waals surface area contributed by atoms with E-state index in [-0.39, 0.29) is 11.9 Å². The molecule has 0 amide bonds. The topological polar surface area (TPSA) is 71.1 Å². The lowest BCUT2D eigenvalue weighted by Gasteiger charge is -2.10. The molecular formula is C38H52O6. The van der Waals surface area contributed by atoms with Gasteiger partial charge in [0, 0.05) is 11.1 Å². The van der Waals surface area contributed by atoms with Gasteiger partial charge < -0.3 is 18.9 Å². The lowest BCUT2D eigenvalue weighted by molar-refractivity contribution is -0.139. The number of carbonyl (C=O) groups excluding carboxylic acids is 2. The van der Waals surface area contributed by atoms with Crippen molar-refractivity contribution in [3.8, 4) is 11.5 Å². The maximum atomic E-state index is 11.3. The van der Waals surface area contributed by atoms with E-state index in [1.165, 1.54) is 0 Å². The minimum absolute atomic E-state index is 0.299. The molecule has 0 spiro atoms. The third-order valence-corrected chi connectivity index (χ3v) is 7.06. The molecular weight excluding hydrogens is 552 g/mol. The smallest absolute Gasteiger partial charge is 0.333 e. The number of unbranched alkanes of at least 4 members (excludes halogenated alkanes) is 9. The summed E-state index contributed by atoms with van der Waals surface area (Å²) >= 11 is 0. The van der Waals surface area contributed by atoms with Crippen molar-refractivity contribution in [1.82, 2.24) is 0 Å². The summed E-state index contributed by atoms with van der Waals surface area (Å²) in [6.45, 7) is 14.9. The quantitative estimate of drug-likeness (QED) is 0.0545. The van der Waals surface area contributed by atoms with E-state index in [1.54, 1.807) is 13.8 Å². The summed E-state index contributed by atoms with van der Waals surface area (Å²) in [7, 11) is 0. The Morgan fingerprint density at radius 2 is 1.02 bits per heavy atom. The van der Waals surface area contributed by atoms with E-state index < -0.39 is 0 Å². The highest BCUT2D eigenvalue weighted by atomic mass is 16.5. The van der Waals surface area contributed by atoms with Crippen molar-refractivity contribution in [3.63, 3.8) is 0 Å².